The molecule has 1 aliphatic heterocycles. The Morgan fingerprint density at radius 2 is 1.79 bits per heavy atom. The SMILES string of the molecule is COc1ccccc1CNC(=O)[C@H]1c2c(C)nn(-c3ccccc3)c2SCC(=O)N1Cc1ccc(F)cc1. The van der Waals surface area contributed by atoms with Crippen LogP contribution >= 0.6 is 11.8 Å². The Balaban J connectivity index is 1.56. The number of carbonyl (C=O) groups is 2. The molecule has 1 aromatic heterocycles. The van der Waals surface area contributed by atoms with Gasteiger partial charge in [-0.1, -0.05) is 60.3 Å². The van der Waals surface area contributed by atoms with Crippen molar-refractivity contribution in [3.05, 3.63) is 107 Å². The molecule has 0 radical (unpaired) electrons. The number of thioether (sulfide) groups is 1. The summed E-state index contributed by atoms with van der Waals surface area (Å²) >= 11 is 1.37. The van der Waals surface area contributed by atoms with Crippen LogP contribution in [-0.2, 0) is 22.7 Å². The van der Waals surface area contributed by atoms with Crippen molar-refractivity contribution in [1.29, 1.82) is 0 Å². The number of ether oxygens (including phenoxy) is 1. The van der Waals surface area contributed by atoms with E-state index in [1.54, 1.807) is 28.8 Å². The maximum Gasteiger partial charge on any atom is 0.247 e. The fourth-order valence-electron chi connectivity index (χ4n) is 4.60. The molecule has 9 heteroatoms. The van der Waals surface area contributed by atoms with Crippen LogP contribution in [0.1, 0.15) is 28.4 Å². The quantitative estimate of drug-likeness (QED) is 0.371. The molecule has 5 rings (SSSR count). The highest BCUT2D eigenvalue weighted by molar-refractivity contribution is 8.00. The van der Waals surface area contributed by atoms with Crippen molar-refractivity contribution in [1.82, 2.24) is 20.0 Å². The number of carbonyl (C=O) groups excluding carboxylic acids is 2. The summed E-state index contributed by atoms with van der Waals surface area (Å²) in [7, 11) is 1.58. The van der Waals surface area contributed by atoms with Crippen molar-refractivity contribution < 1.29 is 18.7 Å². The highest BCUT2D eigenvalue weighted by Gasteiger charge is 2.39. The highest BCUT2D eigenvalue weighted by Crippen LogP contribution is 2.39. The third kappa shape index (κ3) is 5.15. The lowest BCUT2D eigenvalue weighted by Crippen LogP contribution is -2.43. The van der Waals surface area contributed by atoms with Gasteiger partial charge in [-0.3, -0.25) is 9.59 Å². The average molecular weight is 531 g/mol. The summed E-state index contributed by atoms with van der Waals surface area (Å²) in [5.74, 6) is -0.0717. The second-order valence-corrected chi connectivity index (χ2v) is 9.88. The summed E-state index contributed by atoms with van der Waals surface area (Å²) in [4.78, 5) is 29.0. The van der Waals surface area contributed by atoms with E-state index in [2.05, 4.69) is 5.32 Å². The molecular weight excluding hydrogens is 503 g/mol. The minimum atomic E-state index is -0.926. The number of fused-ring (bicyclic) bond motifs is 1. The Morgan fingerprint density at radius 1 is 1.08 bits per heavy atom. The molecule has 2 heterocycles. The van der Waals surface area contributed by atoms with E-state index in [9.17, 15) is 14.0 Å². The molecule has 0 bridgehead atoms. The number of aryl methyl sites for hydroxylation is 1. The first kappa shape index (κ1) is 25.5. The van der Waals surface area contributed by atoms with Crippen LogP contribution in [0.2, 0.25) is 0 Å². The zero-order valence-electron chi connectivity index (χ0n) is 21.1. The first-order valence-electron chi connectivity index (χ1n) is 12.2. The van der Waals surface area contributed by atoms with Crippen molar-refractivity contribution in [2.24, 2.45) is 0 Å². The van der Waals surface area contributed by atoms with Gasteiger partial charge in [0.1, 0.15) is 22.6 Å². The number of halogens is 1. The van der Waals surface area contributed by atoms with Gasteiger partial charge in [0.2, 0.25) is 11.8 Å². The Bertz CT molecular complexity index is 1460. The lowest BCUT2D eigenvalue weighted by atomic mass is 10.0. The number of methoxy groups -OCH3 is 1. The highest BCUT2D eigenvalue weighted by atomic mass is 32.2. The molecule has 194 valence electrons. The van der Waals surface area contributed by atoms with Gasteiger partial charge < -0.3 is 15.0 Å². The van der Waals surface area contributed by atoms with Crippen LogP contribution in [0.4, 0.5) is 4.39 Å². The standard InChI is InChI=1S/C29H27FN4O3S/c1-19-26-27(28(36)31-16-21-8-6-7-11-24(21)37-2)33(17-20-12-14-22(30)15-13-20)25(35)18-38-29(26)34(32-19)23-9-4-3-5-10-23/h3-15,27H,16-18H2,1-2H3,(H,31,36)/t27-/m1/s1. The first-order chi connectivity index (χ1) is 18.5. The zero-order valence-corrected chi connectivity index (χ0v) is 21.9. The van der Waals surface area contributed by atoms with Crippen molar-refractivity contribution in [2.75, 3.05) is 12.9 Å². The van der Waals surface area contributed by atoms with Gasteiger partial charge in [-0.05, 0) is 42.8 Å². The molecule has 3 aromatic carbocycles. The summed E-state index contributed by atoms with van der Waals surface area (Å²) in [6, 6.07) is 22.1. The summed E-state index contributed by atoms with van der Waals surface area (Å²) in [6.45, 7) is 2.24. The minimum absolute atomic E-state index is 0.141. The topological polar surface area (TPSA) is 76.5 Å². The lowest BCUT2D eigenvalue weighted by molar-refractivity contribution is -0.139. The van der Waals surface area contributed by atoms with Crippen molar-refractivity contribution in [2.45, 2.75) is 31.1 Å². The molecule has 0 unspecified atom stereocenters. The number of aromatic nitrogens is 2. The zero-order chi connectivity index (χ0) is 26.6. The molecule has 1 aliphatic rings. The second-order valence-electron chi connectivity index (χ2n) is 8.92. The van der Waals surface area contributed by atoms with E-state index in [1.807, 2.05) is 61.5 Å². The number of hydrogen-bond donors (Lipinski definition) is 1. The average Bonchev–Trinajstić information content (AvgIpc) is 3.19. The maximum atomic E-state index is 13.9. The fourth-order valence-corrected chi connectivity index (χ4v) is 5.70. The van der Waals surface area contributed by atoms with Crippen molar-refractivity contribution in [3.8, 4) is 11.4 Å². The van der Waals surface area contributed by atoms with Gasteiger partial charge in [-0.2, -0.15) is 5.10 Å². The smallest absolute Gasteiger partial charge is 0.247 e. The molecule has 4 aromatic rings. The van der Waals surface area contributed by atoms with Gasteiger partial charge >= 0.3 is 0 Å². The molecule has 38 heavy (non-hydrogen) atoms. The van der Waals surface area contributed by atoms with E-state index in [0.29, 0.717) is 17.0 Å². The maximum absolute atomic E-state index is 13.9. The summed E-state index contributed by atoms with van der Waals surface area (Å²) in [6.07, 6.45) is 0. The van der Waals surface area contributed by atoms with Crippen LogP contribution in [0.25, 0.3) is 5.69 Å². The fraction of sp³-hybridized carbons (Fsp3) is 0.207. The van der Waals surface area contributed by atoms with E-state index < -0.39 is 6.04 Å². The lowest BCUT2D eigenvalue weighted by Gasteiger charge is -2.30. The van der Waals surface area contributed by atoms with E-state index in [0.717, 1.165) is 21.8 Å². The number of rotatable bonds is 7. The minimum Gasteiger partial charge on any atom is -0.496 e. The van der Waals surface area contributed by atoms with E-state index >= 15 is 0 Å². The first-order valence-corrected chi connectivity index (χ1v) is 13.2. The van der Waals surface area contributed by atoms with Gasteiger partial charge in [0, 0.05) is 24.2 Å². The van der Waals surface area contributed by atoms with E-state index in [-0.39, 0.29) is 36.5 Å². The Labute approximate surface area is 224 Å². The van der Waals surface area contributed by atoms with Gasteiger partial charge in [0.05, 0.1) is 24.2 Å². The molecule has 0 saturated carbocycles. The van der Waals surface area contributed by atoms with Crippen molar-refractivity contribution in [3.63, 3.8) is 0 Å². The van der Waals surface area contributed by atoms with Crippen molar-refractivity contribution >= 4 is 23.6 Å². The number of nitrogens with zero attached hydrogens (tertiary/aromatic N) is 3. The Kier molecular flexibility index (Phi) is 7.46. The van der Waals surface area contributed by atoms with Gasteiger partial charge in [0.15, 0.2) is 0 Å². The molecule has 1 N–H and O–H groups in total. The Hall–Kier alpha value is -4.11. The number of benzene rings is 3. The van der Waals surface area contributed by atoms with Gasteiger partial charge in [-0.25, -0.2) is 9.07 Å². The second kappa shape index (κ2) is 11.1. The van der Waals surface area contributed by atoms with Crippen LogP contribution in [-0.4, -0.2) is 39.4 Å². The normalized spacial score (nSPS) is 15.1. The number of para-hydroxylation sites is 2. The molecule has 1 atom stereocenters. The number of nitrogens with one attached hydrogen (secondary N) is 1. The molecule has 2 amide bonds. The summed E-state index contributed by atoms with van der Waals surface area (Å²) in [5.41, 5.74) is 3.73. The molecule has 0 spiro atoms. The van der Waals surface area contributed by atoms with Crippen LogP contribution in [0.15, 0.2) is 83.9 Å². The van der Waals surface area contributed by atoms with E-state index in [1.165, 1.54) is 23.9 Å². The molecular formula is C29H27FN4O3S. The third-order valence-electron chi connectivity index (χ3n) is 6.46. The Morgan fingerprint density at radius 3 is 2.53 bits per heavy atom. The van der Waals surface area contributed by atoms with Gasteiger partial charge in [-0.15, -0.1) is 0 Å². The largest absolute Gasteiger partial charge is 0.496 e. The summed E-state index contributed by atoms with van der Waals surface area (Å²) < 4.78 is 20.8. The molecule has 0 fully saturated rings. The molecule has 7 nitrogen and oxygen atoms in total. The van der Waals surface area contributed by atoms with Crippen LogP contribution in [0, 0.1) is 12.7 Å². The molecule has 0 aliphatic carbocycles. The van der Waals surface area contributed by atoms with Crippen LogP contribution in [0.5, 0.6) is 5.75 Å². The molecule has 0 saturated heterocycles. The van der Waals surface area contributed by atoms with Crippen LogP contribution in [0.3, 0.4) is 0 Å². The van der Waals surface area contributed by atoms with Crippen LogP contribution < -0.4 is 10.1 Å². The predicted molar refractivity (Wildman–Crippen MR) is 144 cm³/mol. The van der Waals surface area contributed by atoms with Gasteiger partial charge in [0.25, 0.3) is 0 Å². The van der Waals surface area contributed by atoms with E-state index in [4.69, 9.17) is 9.84 Å². The third-order valence-corrected chi connectivity index (χ3v) is 7.52. The number of amides is 2. The number of hydrogen-bond acceptors (Lipinski definition) is 5. The predicted octanol–water partition coefficient (Wildman–Crippen LogP) is 4.82. The summed E-state index contributed by atoms with van der Waals surface area (Å²) in [5, 5.41) is 8.53. The monoisotopic (exact) mass is 530 g/mol.